The third-order valence-electron chi connectivity index (χ3n) is 6.34. The van der Waals surface area contributed by atoms with Gasteiger partial charge in [0.2, 0.25) is 11.7 Å². The van der Waals surface area contributed by atoms with E-state index in [4.69, 9.17) is 4.98 Å². The Kier molecular flexibility index (Phi) is 4.57. The van der Waals surface area contributed by atoms with Crippen molar-refractivity contribution in [3.05, 3.63) is 83.6 Å². The van der Waals surface area contributed by atoms with Crippen LogP contribution in [-0.2, 0) is 7.05 Å². The van der Waals surface area contributed by atoms with Crippen LogP contribution in [0.4, 0.5) is 5.69 Å². The predicted octanol–water partition coefficient (Wildman–Crippen LogP) is 6.22. The standard InChI is InChI=1S/C27H22N6O2/c1-15-13-16(2)21-18(14-15)23(25(34)28-21)30-31-26(35)24-22(17-9-5-4-6-10-17)29-27-32(3)19-11-7-8-12-20(19)33(24)27/h4-14,28,34H,1-3H3. The molecule has 0 aliphatic heterocycles. The number of aromatic nitrogens is 4. The van der Waals surface area contributed by atoms with Crippen LogP contribution >= 0.6 is 0 Å². The van der Waals surface area contributed by atoms with Crippen molar-refractivity contribution in [2.75, 3.05) is 0 Å². The maximum atomic E-state index is 13.6. The molecule has 6 rings (SSSR count). The van der Waals surface area contributed by atoms with Crippen molar-refractivity contribution >= 4 is 39.3 Å². The largest absolute Gasteiger partial charge is 0.493 e. The van der Waals surface area contributed by atoms with Gasteiger partial charge < -0.3 is 14.7 Å². The molecular formula is C27H22N6O2. The Morgan fingerprint density at radius 3 is 2.49 bits per heavy atom. The second-order valence-electron chi connectivity index (χ2n) is 8.69. The highest BCUT2D eigenvalue weighted by Gasteiger charge is 2.25. The molecule has 0 aliphatic rings. The molecule has 0 bridgehead atoms. The molecule has 1 amide bonds. The van der Waals surface area contributed by atoms with Gasteiger partial charge in [0.15, 0.2) is 5.69 Å². The zero-order chi connectivity index (χ0) is 24.3. The minimum absolute atomic E-state index is 0.128. The number of hydrogen-bond donors (Lipinski definition) is 2. The average molecular weight is 463 g/mol. The van der Waals surface area contributed by atoms with E-state index in [-0.39, 0.29) is 11.6 Å². The van der Waals surface area contributed by atoms with Gasteiger partial charge in [0, 0.05) is 18.0 Å². The fourth-order valence-corrected chi connectivity index (χ4v) is 4.77. The molecule has 0 fully saturated rings. The molecule has 2 N–H and O–H groups in total. The first-order valence-corrected chi connectivity index (χ1v) is 11.2. The molecule has 0 aliphatic carbocycles. The number of hydrogen-bond acceptors (Lipinski definition) is 4. The number of carbonyl (C=O) groups excluding carboxylic acids is 1. The van der Waals surface area contributed by atoms with Crippen LogP contribution < -0.4 is 0 Å². The van der Waals surface area contributed by atoms with Crippen molar-refractivity contribution in [1.29, 1.82) is 0 Å². The number of carbonyl (C=O) groups is 1. The van der Waals surface area contributed by atoms with E-state index in [1.807, 2.05) is 96.6 Å². The lowest BCUT2D eigenvalue weighted by Gasteiger charge is -2.02. The SMILES string of the molecule is Cc1cc(C)c2[nH]c(O)c(N=NC(=O)c3c(-c4ccccc4)nc4n(C)c5ccccc5n34)c2c1. The van der Waals surface area contributed by atoms with Crippen LogP contribution in [-0.4, -0.2) is 29.9 Å². The van der Waals surface area contributed by atoms with E-state index >= 15 is 0 Å². The Bertz CT molecular complexity index is 1800. The minimum Gasteiger partial charge on any atom is -0.493 e. The van der Waals surface area contributed by atoms with Crippen LogP contribution in [0, 0.1) is 13.8 Å². The first kappa shape index (κ1) is 20.9. The number of para-hydroxylation sites is 2. The van der Waals surface area contributed by atoms with Crippen LogP contribution in [0.15, 0.2) is 77.0 Å². The van der Waals surface area contributed by atoms with Gasteiger partial charge in [0.1, 0.15) is 11.4 Å². The number of nitrogens with zero attached hydrogens (tertiary/aromatic N) is 5. The van der Waals surface area contributed by atoms with Gasteiger partial charge in [-0.15, -0.1) is 10.2 Å². The van der Waals surface area contributed by atoms with Crippen LogP contribution in [0.2, 0.25) is 0 Å². The molecular weight excluding hydrogens is 440 g/mol. The number of aryl methyl sites for hydroxylation is 3. The van der Waals surface area contributed by atoms with E-state index in [9.17, 15) is 9.90 Å². The smallest absolute Gasteiger partial charge is 0.314 e. The molecule has 0 atom stereocenters. The summed E-state index contributed by atoms with van der Waals surface area (Å²) in [7, 11) is 1.92. The molecule has 8 heteroatoms. The van der Waals surface area contributed by atoms with Crippen molar-refractivity contribution < 1.29 is 9.90 Å². The number of imidazole rings is 2. The number of azo groups is 1. The van der Waals surface area contributed by atoms with Crippen LogP contribution in [0.1, 0.15) is 21.6 Å². The summed E-state index contributed by atoms with van der Waals surface area (Å²) < 4.78 is 3.77. The van der Waals surface area contributed by atoms with Crippen molar-refractivity contribution in [2.24, 2.45) is 17.3 Å². The number of amides is 1. The highest BCUT2D eigenvalue weighted by molar-refractivity contribution is 6.03. The molecule has 0 unspecified atom stereocenters. The van der Waals surface area contributed by atoms with E-state index in [1.165, 1.54) is 0 Å². The van der Waals surface area contributed by atoms with Gasteiger partial charge in [0.25, 0.3) is 0 Å². The Balaban J connectivity index is 1.56. The van der Waals surface area contributed by atoms with E-state index in [1.54, 1.807) is 0 Å². The molecule has 35 heavy (non-hydrogen) atoms. The first-order chi connectivity index (χ1) is 16.9. The lowest BCUT2D eigenvalue weighted by molar-refractivity contribution is 0.0990. The Labute approximate surface area is 200 Å². The molecule has 0 spiro atoms. The van der Waals surface area contributed by atoms with Crippen molar-refractivity contribution in [3.8, 4) is 17.1 Å². The molecule has 8 nitrogen and oxygen atoms in total. The second kappa shape index (κ2) is 7.66. The summed E-state index contributed by atoms with van der Waals surface area (Å²) in [4.78, 5) is 21.4. The monoisotopic (exact) mass is 462 g/mol. The summed E-state index contributed by atoms with van der Waals surface area (Å²) >= 11 is 0. The van der Waals surface area contributed by atoms with Crippen LogP contribution in [0.3, 0.4) is 0 Å². The highest BCUT2D eigenvalue weighted by atomic mass is 16.3. The molecule has 0 saturated carbocycles. The van der Waals surface area contributed by atoms with E-state index < -0.39 is 5.91 Å². The average Bonchev–Trinajstić information content (AvgIpc) is 3.49. The summed E-state index contributed by atoms with van der Waals surface area (Å²) in [5, 5.41) is 19.5. The number of aromatic amines is 1. The number of H-pyrrole nitrogens is 1. The molecule has 0 radical (unpaired) electrons. The Hall–Kier alpha value is -4.72. The third kappa shape index (κ3) is 3.14. The van der Waals surface area contributed by atoms with E-state index in [0.717, 1.165) is 33.2 Å². The summed E-state index contributed by atoms with van der Waals surface area (Å²) in [6.45, 7) is 3.92. The van der Waals surface area contributed by atoms with Gasteiger partial charge in [-0.1, -0.05) is 54.1 Å². The molecule has 0 saturated heterocycles. The van der Waals surface area contributed by atoms with E-state index in [2.05, 4.69) is 15.2 Å². The van der Waals surface area contributed by atoms with Crippen molar-refractivity contribution in [2.45, 2.75) is 13.8 Å². The summed E-state index contributed by atoms with van der Waals surface area (Å²) in [6, 6.07) is 21.3. The van der Waals surface area contributed by atoms with Gasteiger partial charge in [-0.25, -0.2) is 4.98 Å². The van der Waals surface area contributed by atoms with Crippen molar-refractivity contribution in [1.82, 2.24) is 18.9 Å². The molecule has 3 aromatic carbocycles. The summed E-state index contributed by atoms with van der Waals surface area (Å²) in [6.07, 6.45) is 0. The second-order valence-corrected chi connectivity index (χ2v) is 8.69. The predicted molar refractivity (Wildman–Crippen MR) is 135 cm³/mol. The van der Waals surface area contributed by atoms with Gasteiger partial charge >= 0.3 is 5.91 Å². The minimum atomic E-state index is -0.550. The topological polar surface area (TPSA) is 100 Å². The zero-order valence-corrected chi connectivity index (χ0v) is 19.4. The quantitative estimate of drug-likeness (QED) is 0.305. The highest BCUT2D eigenvalue weighted by Crippen LogP contribution is 2.38. The normalized spacial score (nSPS) is 12.0. The van der Waals surface area contributed by atoms with E-state index in [0.29, 0.717) is 22.6 Å². The van der Waals surface area contributed by atoms with Crippen molar-refractivity contribution in [3.63, 3.8) is 0 Å². The molecule has 6 aromatic rings. The maximum absolute atomic E-state index is 13.6. The number of nitrogens with one attached hydrogen (secondary N) is 1. The third-order valence-corrected chi connectivity index (χ3v) is 6.34. The molecule has 172 valence electrons. The number of rotatable bonds is 3. The van der Waals surface area contributed by atoms with Gasteiger partial charge in [-0.2, -0.15) is 0 Å². The molecule has 3 aromatic heterocycles. The zero-order valence-electron chi connectivity index (χ0n) is 19.4. The summed E-state index contributed by atoms with van der Waals surface area (Å²) in [5.41, 5.74) is 6.44. The van der Waals surface area contributed by atoms with Crippen LogP contribution in [0.25, 0.3) is 39.0 Å². The fraction of sp³-hybridized carbons (Fsp3) is 0.111. The lowest BCUT2D eigenvalue weighted by atomic mass is 10.1. The number of fused-ring (bicyclic) bond motifs is 4. The van der Waals surface area contributed by atoms with Gasteiger partial charge in [-0.3, -0.25) is 9.20 Å². The van der Waals surface area contributed by atoms with Gasteiger partial charge in [0.05, 0.1) is 16.6 Å². The summed E-state index contributed by atoms with van der Waals surface area (Å²) in [5.74, 6) is -0.0484. The fourth-order valence-electron chi connectivity index (χ4n) is 4.77. The Morgan fingerprint density at radius 1 is 1.00 bits per heavy atom. The van der Waals surface area contributed by atoms with Gasteiger partial charge in [-0.05, 0) is 37.6 Å². The molecule has 3 heterocycles. The number of benzene rings is 3. The van der Waals surface area contributed by atoms with Crippen LogP contribution in [0.5, 0.6) is 5.88 Å². The number of aromatic hydroxyl groups is 1. The first-order valence-electron chi connectivity index (χ1n) is 11.2. The maximum Gasteiger partial charge on any atom is 0.314 e. The lowest BCUT2D eigenvalue weighted by Crippen LogP contribution is -2.01. The Morgan fingerprint density at radius 2 is 1.71 bits per heavy atom.